The van der Waals surface area contributed by atoms with E-state index in [4.69, 9.17) is 4.74 Å². The Labute approximate surface area is 114 Å². The lowest BCUT2D eigenvalue weighted by molar-refractivity contribution is -0.122. The molecule has 0 unspecified atom stereocenters. The maximum atomic E-state index is 12.5. The average Bonchev–Trinajstić information content (AvgIpc) is 2.60. The summed E-state index contributed by atoms with van der Waals surface area (Å²) < 4.78 is 5.55. The predicted octanol–water partition coefficient (Wildman–Crippen LogP) is 1.93. The molecule has 104 valence electrons. The maximum Gasteiger partial charge on any atom is 0.237 e. The van der Waals surface area contributed by atoms with E-state index in [0.29, 0.717) is 6.61 Å². The summed E-state index contributed by atoms with van der Waals surface area (Å²) in [7, 11) is 3.75. The molecule has 0 bridgehead atoms. The van der Waals surface area contributed by atoms with Crippen molar-refractivity contribution in [1.29, 1.82) is 0 Å². The minimum absolute atomic E-state index is 0.159. The zero-order valence-corrected chi connectivity index (χ0v) is 12.1. The highest BCUT2D eigenvalue weighted by Gasteiger charge is 2.45. The van der Waals surface area contributed by atoms with E-state index in [-0.39, 0.29) is 5.91 Å². The van der Waals surface area contributed by atoms with E-state index >= 15 is 0 Å². The van der Waals surface area contributed by atoms with Gasteiger partial charge >= 0.3 is 0 Å². The lowest BCUT2D eigenvalue weighted by atomic mass is 9.80. The van der Waals surface area contributed by atoms with Crippen molar-refractivity contribution in [2.45, 2.75) is 25.7 Å². The number of benzene rings is 1. The summed E-state index contributed by atoms with van der Waals surface area (Å²) in [6.07, 6.45) is 0.787. The van der Waals surface area contributed by atoms with Gasteiger partial charge in [-0.1, -0.05) is 0 Å². The standard InChI is InChI=1S/C15H22N2O2/c1-5-19-11-6-7-13-12(10-11)15(2,8-9-16-3)14(18)17(13)4/h6-7,10,16H,5,8-9H2,1-4H3/t15-/m0/s1. The van der Waals surface area contributed by atoms with Crippen molar-refractivity contribution in [2.75, 3.05) is 32.1 Å². The van der Waals surface area contributed by atoms with Crippen LogP contribution in [0.2, 0.25) is 0 Å². The number of ether oxygens (including phenoxy) is 1. The molecule has 19 heavy (non-hydrogen) atoms. The molecule has 1 atom stereocenters. The molecule has 0 aliphatic carbocycles. The van der Waals surface area contributed by atoms with Gasteiger partial charge in [0.05, 0.1) is 12.0 Å². The molecule has 2 rings (SSSR count). The van der Waals surface area contributed by atoms with E-state index in [1.807, 2.05) is 46.1 Å². The van der Waals surface area contributed by atoms with Crippen LogP contribution in [0.4, 0.5) is 5.69 Å². The molecule has 1 aromatic carbocycles. The van der Waals surface area contributed by atoms with Crippen LogP contribution in [0.25, 0.3) is 0 Å². The molecule has 0 aromatic heterocycles. The van der Waals surface area contributed by atoms with Crippen molar-refractivity contribution in [1.82, 2.24) is 5.32 Å². The van der Waals surface area contributed by atoms with Crippen molar-refractivity contribution in [2.24, 2.45) is 0 Å². The number of likely N-dealkylation sites (N-methyl/N-ethyl adjacent to an activating group) is 1. The Morgan fingerprint density at radius 3 is 2.79 bits per heavy atom. The summed E-state index contributed by atoms with van der Waals surface area (Å²) in [6, 6.07) is 5.91. The fourth-order valence-corrected chi connectivity index (χ4v) is 2.72. The molecule has 0 fully saturated rings. The number of rotatable bonds is 5. The molecule has 4 nitrogen and oxygen atoms in total. The van der Waals surface area contributed by atoms with Gasteiger partial charge in [-0.15, -0.1) is 0 Å². The van der Waals surface area contributed by atoms with Gasteiger partial charge in [0.15, 0.2) is 0 Å². The Kier molecular flexibility index (Phi) is 3.80. The first-order chi connectivity index (χ1) is 9.04. The molecule has 0 saturated carbocycles. The Morgan fingerprint density at radius 1 is 1.42 bits per heavy atom. The quantitative estimate of drug-likeness (QED) is 0.881. The van der Waals surface area contributed by atoms with Gasteiger partial charge in [-0.05, 0) is 57.6 Å². The van der Waals surface area contributed by atoms with Gasteiger partial charge in [-0.25, -0.2) is 0 Å². The average molecular weight is 262 g/mol. The van der Waals surface area contributed by atoms with E-state index in [2.05, 4.69) is 5.32 Å². The van der Waals surface area contributed by atoms with Crippen LogP contribution >= 0.6 is 0 Å². The van der Waals surface area contributed by atoms with Gasteiger partial charge in [-0.2, -0.15) is 0 Å². The Bertz CT molecular complexity index is 487. The smallest absolute Gasteiger partial charge is 0.237 e. The fraction of sp³-hybridized carbons (Fsp3) is 0.533. The number of anilines is 1. The third-order valence-corrected chi connectivity index (χ3v) is 3.89. The third-order valence-electron chi connectivity index (χ3n) is 3.89. The normalized spacial score (nSPS) is 21.7. The number of fused-ring (bicyclic) bond motifs is 1. The summed E-state index contributed by atoms with van der Waals surface area (Å²) in [5, 5.41) is 3.12. The molecule has 1 aliphatic rings. The first kappa shape index (κ1) is 13.9. The number of hydrogen-bond donors (Lipinski definition) is 1. The van der Waals surface area contributed by atoms with E-state index in [1.165, 1.54) is 0 Å². The molecule has 4 heteroatoms. The van der Waals surface area contributed by atoms with Crippen LogP contribution in [0.15, 0.2) is 18.2 Å². The number of amides is 1. The SMILES string of the molecule is CCOc1ccc2c(c1)[C@](C)(CCNC)C(=O)N2C. The van der Waals surface area contributed by atoms with Gasteiger partial charge in [0.2, 0.25) is 5.91 Å². The topological polar surface area (TPSA) is 41.6 Å². The van der Waals surface area contributed by atoms with Crippen molar-refractivity contribution < 1.29 is 9.53 Å². The van der Waals surface area contributed by atoms with Gasteiger partial charge in [0.25, 0.3) is 0 Å². The lowest BCUT2D eigenvalue weighted by Crippen LogP contribution is -2.38. The molecule has 1 heterocycles. The molecule has 1 N–H and O–H groups in total. The summed E-state index contributed by atoms with van der Waals surface area (Å²) in [4.78, 5) is 14.3. The number of nitrogens with one attached hydrogen (secondary N) is 1. The minimum Gasteiger partial charge on any atom is -0.494 e. The summed E-state index contributed by atoms with van der Waals surface area (Å²) >= 11 is 0. The second kappa shape index (κ2) is 5.21. The van der Waals surface area contributed by atoms with Crippen molar-refractivity contribution in [3.63, 3.8) is 0 Å². The van der Waals surface area contributed by atoms with Crippen molar-refractivity contribution in [3.05, 3.63) is 23.8 Å². The van der Waals surface area contributed by atoms with Crippen molar-refractivity contribution >= 4 is 11.6 Å². The maximum absolute atomic E-state index is 12.5. The fourth-order valence-electron chi connectivity index (χ4n) is 2.72. The molecular weight excluding hydrogens is 240 g/mol. The summed E-state index contributed by atoms with van der Waals surface area (Å²) in [5.41, 5.74) is 1.61. The number of carbonyl (C=O) groups is 1. The first-order valence-electron chi connectivity index (χ1n) is 6.74. The highest BCUT2D eigenvalue weighted by Crippen LogP contribution is 2.44. The number of carbonyl (C=O) groups excluding carboxylic acids is 1. The second-order valence-corrected chi connectivity index (χ2v) is 5.16. The third kappa shape index (κ3) is 2.21. The van der Waals surface area contributed by atoms with Crippen LogP contribution in [-0.2, 0) is 10.2 Å². The highest BCUT2D eigenvalue weighted by molar-refractivity contribution is 6.07. The van der Waals surface area contributed by atoms with E-state index in [0.717, 1.165) is 30.0 Å². The Morgan fingerprint density at radius 2 is 2.16 bits per heavy atom. The zero-order chi connectivity index (χ0) is 14.0. The lowest BCUT2D eigenvalue weighted by Gasteiger charge is -2.23. The number of hydrogen-bond acceptors (Lipinski definition) is 3. The van der Waals surface area contributed by atoms with Gasteiger partial charge in [-0.3, -0.25) is 4.79 Å². The second-order valence-electron chi connectivity index (χ2n) is 5.16. The van der Waals surface area contributed by atoms with Gasteiger partial charge in [0.1, 0.15) is 5.75 Å². The van der Waals surface area contributed by atoms with Crippen LogP contribution in [-0.4, -0.2) is 33.2 Å². The van der Waals surface area contributed by atoms with E-state index < -0.39 is 5.41 Å². The van der Waals surface area contributed by atoms with Crippen molar-refractivity contribution in [3.8, 4) is 5.75 Å². The largest absolute Gasteiger partial charge is 0.494 e. The van der Waals surface area contributed by atoms with Crippen LogP contribution < -0.4 is 15.0 Å². The Hall–Kier alpha value is -1.55. The molecule has 0 spiro atoms. The zero-order valence-electron chi connectivity index (χ0n) is 12.1. The predicted molar refractivity (Wildman–Crippen MR) is 76.9 cm³/mol. The summed E-state index contributed by atoms with van der Waals surface area (Å²) in [6.45, 7) is 5.43. The monoisotopic (exact) mass is 262 g/mol. The molecule has 1 aliphatic heterocycles. The van der Waals surface area contributed by atoms with Crippen LogP contribution in [0.3, 0.4) is 0 Å². The minimum atomic E-state index is -0.458. The molecule has 1 aromatic rings. The van der Waals surface area contributed by atoms with Crippen LogP contribution in [0, 0.1) is 0 Å². The molecule has 0 radical (unpaired) electrons. The highest BCUT2D eigenvalue weighted by atomic mass is 16.5. The van der Waals surface area contributed by atoms with E-state index in [9.17, 15) is 4.79 Å². The first-order valence-corrected chi connectivity index (χ1v) is 6.74. The van der Waals surface area contributed by atoms with E-state index in [1.54, 1.807) is 4.90 Å². The van der Waals surface area contributed by atoms with Crippen LogP contribution in [0.1, 0.15) is 25.8 Å². The molecule has 1 amide bonds. The molecular formula is C15H22N2O2. The molecule has 0 saturated heterocycles. The van der Waals surface area contributed by atoms with Crippen LogP contribution in [0.5, 0.6) is 5.75 Å². The number of nitrogens with zero attached hydrogens (tertiary/aromatic N) is 1. The summed E-state index contributed by atoms with van der Waals surface area (Å²) in [5.74, 6) is 0.992. The van der Waals surface area contributed by atoms with Gasteiger partial charge < -0.3 is 15.0 Å². The Balaban J connectivity index is 2.43. The van der Waals surface area contributed by atoms with Gasteiger partial charge in [0, 0.05) is 12.7 Å².